The molecule has 2 N–H and O–H groups in total. The predicted octanol–water partition coefficient (Wildman–Crippen LogP) is 5.34. The Morgan fingerprint density at radius 1 is 0.969 bits per heavy atom. The summed E-state index contributed by atoms with van der Waals surface area (Å²) in [5.41, 5.74) is 3.46. The van der Waals surface area contributed by atoms with Crippen LogP contribution in [-0.2, 0) is 0 Å². The highest BCUT2D eigenvalue weighted by molar-refractivity contribution is 5.94. The first-order valence-corrected chi connectivity index (χ1v) is 10.1. The summed E-state index contributed by atoms with van der Waals surface area (Å²) in [6.45, 7) is -2.56. The van der Waals surface area contributed by atoms with E-state index in [-0.39, 0.29) is 17.6 Å². The van der Waals surface area contributed by atoms with Gasteiger partial charge in [-0.3, -0.25) is 4.79 Å². The third-order valence-electron chi connectivity index (χ3n) is 5.32. The van der Waals surface area contributed by atoms with Crippen molar-refractivity contribution >= 4 is 16.8 Å². The molecule has 1 aromatic heterocycles. The van der Waals surface area contributed by atoms with Gasteiger partial charge >= 0.3 is 6.61 Å². The molecule has 1 unspecified atom stereocenters. The van der Waals surface area contributed by atoms with E-state index in [0.29, 0.717) is 12.1 Å². The van der Waals surface area contributed by atoms with Crippen molar-refractivity contribution in [2.75, 3.05) is 13.7 Å². The molecule has 0 radical (unpaired) electrons. The molecule has 0 spiro atoms. The van der Waals surface area contributed by atoms with Gasteiger partial charge in [0.15, 0.2) is 0 Å². The Kier molecular flexibility index (Phi) is 6.35. The molecule has 0 aliphatic carbocycles. The smallest absolute Gasteiger partial charge is 0.387 e. The number of hydrogen-bond acceptors (Lipinski definition) is 3. The lowest BCUT2D eigenvalue weighted by Crippen LogP contribution is -2.28. The van der Waals surface area contributed by atoms with E-state index in [9.17, 15) is 13.6 Å². The zero-order valence-corrected chi connectivity index (χ0v) is 17.3. The van der Waals surface area contributed by atoms with Gasteiger partial charge in [-0.2, -0.15) is 8.78 Å². The van der Waals surface area contributed by atoms with Gasteiger partial charge in [-0.25, -0.2) is 0 Å². The Balaban J connectivity index is 1.57. The monoisotopic (exact) mass is 436 g/mol. The Morgan fingerprint density at radius 2 is 1.66 bits per heavy atom. The summed E-state index contributed by atoms with van der Waals surface area (Å²) in [5, 5.41) is 4.05. The molecule has 1 atom stereocenters. The van der Waals surface area contributed by atoms with Crippen molar-refractivity contribution in [3.63, 3.8) is 0 Å². The number of amides is 1. The van der Waals surface area contributed by atoms with Gasteiger partial charge in [-0.1, -0.05) is 30.3 Å². The second-order valence-corrected chi connectivity index (χ2v) is 7.23. The minimum atomic E-state index is -2.91. The van der Waals surface area contributed by atoms with Crippen molar-refractivity contribution in [2.45, 2.75) is 12.5 Å². The molecule has 164 valence electrons. The first kappa shape index (κ1) is 21.4. The van der Waals surface area contributed by atoms with E-state index in [1.54, 1.807) is 7.11 Å². The summed E-state index contributed by atoms with van der Waals surface area (Å²) in [5.74, 6) is 0.349. The van der Waals surface area contributed by atoms with Crippen LogP contribution in [0.4, 0.5) is 8.78 Å². The number of fused-ring (bicyclic) bond motifs is 1. The first-order valence-electron chi connectivity index (χ1n) is 10.1. The number of benzene rings is 3. The molecule has 4 aromatic rings. The molecule has 3 aromatic carbocycles. The molecule has 0 saturated carbocycles. The number of aromatic nitrogens is 1. The highest BCUT2D eigenvalue weighted by atomic mass is 19.3. The summed E-state index contributed by atoms with van der Waals surface area (Å²) in [4.78, 5) is 16.0. The Morgan fingerprint density at radius 3 is 2.34 bits per heavy atom. The van der Waals surface area contributed by atoms with Crippen LogP contribution in [0.5, 0.6) is 11.5 Å². The van der Waals surface area contributed by atoms with Crippen LogP contribution in [0.3, 0.4) is 0 Å². The number of aromatic amines is 1. The number of alkyl halides is 2. The van der Waals surface area contributed by atoms with Crippen LogP contribution in [0.2, 0.25) is 0 Å². The highest BCUT2D eigenvalue weighted by Gasteiger charge is 2.20. The fraction of sp³-hybridized carbons (Fsp3) is 0.160. The zero-order chi connectivity index (χ0) is 22.5. The average Bonchev–Trinajstić information content (AvgIpc) is 3.23. The molecule has 0 saturated heterocycles. The normalized spacial score (nSPS) is 12.0. The molecular formula is C25H22F2N2O3. The van der Waals surface area contributed by atoms with Gasteiger partial charge in [0.25, 0.3) is 5.91 Å². The Labute approximate surface area is 184 Å². The van der Waals surface area contributed by atoms with Crippen molar-refractivity contribution in [3.05, 3.63) is 95.7 Å². The number of rotatable bonds is 8. The van der Waals surface area contributed by atoms with E-state index >= 15 is 0 Å². The number of carbonyl (C=O) groups excluding carboxylic acids is 1. The van der Waals surface area contributed by atoms with E-state index < -0.39 is 6.61 Å². The van der Waals surface area contributed by atoms with Gasteiger partial charge in [-0.05, 0) is 53.6 Å². The van der Waals surface area contributed by atoms with Crippen LogP contribution in [0.15, 0.2) is 79.0 Å². The molecular weight excluding hydrogens is 414 g/mol. The average molecular weight is 436 g/mol. The van der Waals surface area contributed by atoms with Crippen molar-refractivity contribution < 1.29 is 23.0 Å². The fourth-order valence-electron chi connectivity index (χ4n) is 3.71. The van der Waals surface area contributed by atoms with Gasteiger partial charge in [-0.15, -0.1) is 0 Å². The molecule has 0 aliphatic rings. The van der Waals surface area contributed by atoms with E-state index in [1.807, 2.05) is 54.7 Å². The van der Waals surface area contributed by atoms with Crippen molar-refractivity contribution in [2.24, 2.45) is 0 Å². The lowest BCUT2D eigenvalue weighted by atomic mass is 9.90. The molecule has 0 bridgehead atoms. The number of para-hydroxylation sites is 1. The largest absolute Gasteiger partial charge is 0.497 e. The minimum absolute atomic E-state index is 0.00597. The van der Waals surface area contributed by atoms with Gasteiger partial charge in [0.1, 0.15) is 11.5 Å². The molecule has 32 heavy (non-hydrogen) atoms. The predicted molar refractivity (Wildman–Crippen MR) is 119 cm³/mol. The van der Waals surface area contributed by atoms with E-state index in [2.05, 4.69) is 15.0 Å². The molecule has 0 aliphatic heterocycles. The molecule has 7 heteroatoms. The summed E-state index contributed by atoms with van der Waals surface area (Å²) < 4.78 is 34.3. The molecule has 0 fully saturated rings. The van der Waals surface area contributed by atoms with Gasteiger partial charge in [0.2, 0.25) is 0 Å². The fourth-order valence-corrected chi connectivity index (χ4v) is 3.71. The third-order valence-corrected chi connectivity index (χ3v) is 5.32. The molecule has 1 amide bonds. The van der Waals surface area contributed by atoms with Gasteiger partial charge < -0.3 is 19.8 Å². The van der Waals surface area contributed by atoms with E-state index in [1.165, 1.54) is 24.3 Å². The standard InChI is InChI=1S/C25H22F2N2O3/c1-31-18-10-6-16(7-11-18)21(22-15-28-23-5-3-2-4-20(22)23)14-29-24(30)17-8-12-19(13-9-17)32-25(26)27/h2-13,15,21,25,28H,14H2,1H3,(H,29,30). The second kappa shape index (κ2) is 9.51. The maximum Gasteiger partial charge on any atom is 0.387 e. The van der Waals surface area contributed by atoms with Crippen LogP contribution in [0.25, 0.3) is 10.9 Å². The lowest BCUT2D eigenvalue weighted by molar-refractivity contribution is -0.0498. The summed E-state index contributed by atoms with van der Waals surface area (Å²) >= 11 is 0. The topological polar surface area (TPSA) is 63.4 Å². The van der Waals surface area contributed by atoms with Crippen molar-refractivity contribution in [1.29, 1.82) is 0 Å². The summed E-state index contributed by atoms with van der Waals surface area (Å²) in [6, 6.07) is 21.3. The Hall–Kier alpha value is -3.87. The SMILES string of the molecule is COc1ccc(C(CNC(=O)c2ccc(OC(F)F)cc2)c2c[nH]c3ccccc23)cc1. The zero-order valence-electron chi connectivity index (χ0n) is 17.3. The first-order chi connectivity index (χ1) is 15.5. The number of nitrogens with one attached hydrogen (secondary N) is 2. The van der Waals surface area contributed by atoms with Crippen LogP contribution >= 0.6 is 0 Å². The van der Waals surface area contributed by atoms with Crippen LogP contribution in [0, 0.1) is 0 Å². The lowest BCUT2D eigenvalue weighted by Gasteiger charge is -2.19. The maximum atomic E-state index is 12.7. The number of methoxy groups -OCH3 is 1. The van der Waals surface area contributed by atoms with Gasteiger partial charge in [0, 0.05) is 35.1 Å². The second-order valence-electron chi connectivity index (χ2n) is 7.23. The summed E-state index contributed by atoms with van der Waals surface area (Å²) in [7, 11) is 1.62. The number of halogens is 2. The minimum Gasteiger partial charge on any atom is -0.497 e. The maximum absolute atomic E-state index is 12.7. The number of H-pyrrole nitrogens is 1. The van der Waals surface area contributed by atoms with E-state index in [0.717, 1.165) is 27.8 Å². The van der Waals surface area contributed by atoms with Crippen LogP contribution < -0.4 is 14.8 Å². The number of hydrogen-bond donors (Lipinski definition) is 2. The molecule has 5 nitrogen and oxygen atoms in total. The third kappa shape index (κ3) is 4.72. The molecule has 1 heterocycles. The molecule has 4 rings (SSSR count). The quantitative estimate of drug-likeness (QED) is 0.392. The van der Waals surface area contributed by atoms with Crippen LogP contribution in [0.1, 0.15) is 27.4 Å². The van der Waals surface area contributed by atoms with Crippen molar-refractivity contribution in [3.8, 4) is 11.5 Å². The van der Waals surface area contributed by atoms with Gasteiger partial charge in [0.05, 0.1) is 7.11 Å². The Bertz CT molecular complexity index is 1190. The van der Waals surface area contributed by atoms with Crippen LogP contribution in [-0.4, -0.2) is 31.2 Å². The summed E-state index contributed by atoms with van der Waals surface area (Å²) in [6.07, 6.45) is 1.96. The highest BCUT2D eigenvalue weighted by Crippen LogP contribution is 2.31. The van der Waals surface area contributed by atoms with Crippen molar-refractivity contribution in [1.82, 2.24) is 10.3 Å². The van der Waals surface area contributed by atoms with E-state index in [4.69, 9.17) is 4.74 Å². The number of ether oxygens (including phenoxy) is 2. The number of carbonyl (C=O) groups is 1.